The first kappa shape index (κ1) is 6.99. The zero-order valence-corrected chi connectivity index (χ0v) is 7.36. The smallest absolute Gasteiger partial charge is 0.0186 e. The number of piperidine rings is 1. The normalized spacial score (nSPS) is 41.7. The minimum atomic E-state index is 0.914. The Hall–Kier alpha value is 0.310. The van der Waals surface area contributed by atoms with Crippen LogP contribution < -0.4 is 0 Å². The van der Waals surface area contributed by atoms with Gasteiger partial charge in [-0.2, -0.15) is 11.8 Å². The molecule has 2 aliphatic rings. The van der Waals surface area contributed by atoms with Crippen molar-refractivity contribution in [2.75, 3.05) is 18.6 Å². The predicted molar refractivity (Wildman–Crippen MR) is 46.5 cm³/mol. The third-order valence-corrected chi connectivity index (χ3v) is 4.09. The van der Waals surface area contributed by atoms with Crippen LogP contribution in [0.5, 0.6) is 0 Å². The molecule has 0 aromatic heterocycles. The standard InChI is InChI=1S/C8H15NS/c1-9-7-3-2-4-8(9)6-10-5-7/h7-8H,2-6H2,1H3. The highest BCUT2D eigenvalue weighted by Gasteiger charge is 2.30. The molecule has 2 rings (SSSR count). The van der Waals surface area contributed by atoms with E-state index in [1.54, 1.807) is 0 Å². The van der Waals surface area contributed by atoms with Gasteiger partial charge in [-0.05, 0) is 19.9 Å². The second-order valence-corrected chi connectivity index (χ2v) is 4.52. The van der Waals surface area contributed by atoms with Crippen LogP contribution in [0.15, 0.2) is 0 Å². The van der Waals surface area contributed by atoms with E-state index in [0.29, 0.717) is 0 Å². The Kier molecular flexibility index (Phi) is 1.92. The highest BCUT2D eigenvalue weighted by atomic mass is 32.2. The largest absolute Gasteiger partial charge is 0.299 e. The molecule has 2 heterocycles. The Morgan fingerprint density at radius 3 is 2.30 bits per heavy atom. The van der Waals surface area contributed by atoms with Crippen molar-refractivity contribution in [2.45, 2.75) is 31.3 Å². The van der Waals surface area contributed by atoms with Crippen molar-refractivity contribution >= 4 is 11.8 Å². The van der Waals surface area contributed by atoms with Gasteiger partial charge in [0.25, 0.3) is 0 Å². The summed E-state index contributed by atoms with van der Waals surface area (Å²) in [6.07, 6.45) is 4.36. The third kappa shape index (κ3) is 1.08. The van der Waals surface area contributed by atoms with Gasteiger partial charge in [0.15, 0.2) is 0 Å². The lowest BCUT2D eigenvalue weighted by Crippen LogP contribution is -2.49. The molecule has 2 bridgehead atoms. The van der Waals surface area contributed by atoms with Crippen molar-refractivity contribution in [3.05, 3.63) is 0 Å². The van der Waals surface area contributed by atoms with Gasteiger partial charge >= 0.3 is 0 Å². The lowest BCUT2D eigenvalue weighted by atomic mass is 9.98. The lowest BCUT2D eigenvalue weighted by molar-refractivity contribution is 0.137. The first-order valence-corrected chi connectivity index (χ1v) is 5.33. The molecule has 2 atom stereocenters. The zero-order chi connectivity index (χ0) is 6.97. The number of thioether (sulfide) groups is 1. The molecule has 0 amide bonds. The van der Waals surface area contributed by atoms with E-state index in [9.17, 15) is 0 Å². The molecule has 1 nitrogen and oxygen atoms in total. The van der Waals surface area contributed by atoms with E-state index in [0.717, 1.165) is 12.1 Å². The van der Waals surface area contributed by atoms with Gasteiger partial charge in [0.05, 0.1) is 0 Å². The molecular weight excluding hydrogens is 142 g/mol. The average Bonchev–Trinajstić information content (AvgIpc) is 1.86. The SMILES string of the molecule is CN1C2CCCC1CSC2. The van der Waals surface area contributed by atoms with Gasteiger partial charge in [-0.1, -0.05) is 6.42 Å². The summed E-state index contributed by atoms with van der Waals surface area (Å²) in [5.74, 6) is 2.76. The summed E-state index contributed by atoms with van der Waals surface area (Å²) in [5, 5.41) is 0. The van der Waals surface area contributed by atoms with E-state index < -0.39 is 0 Å². The van der Waals surface area contributed by atoms with Crippen LogP contribution in [-0.4, -0.2) is 35.5 Å². The fourth-order valence-corrected chi connectivity index (χ4v) is 3.52. The molecule has 2 fully saturated rings. The second-order valence-electron chi connectivity index (χ2n) is 3.44. The molecule has 2 heteroatoms. The number of rotatable bonds is 0. The Morgan fingerprint density at radius 1 is 1.20 bits per heavy atom. The number of hydrogen-bond donors (Lipinski definition) is 0. The average molecular weight is 157 g/mol. The fourth-order valence-electron chi connectivity index (χ4n) is 2.04. The minimum Gasteiger partial charge on any atom is -0.299 e. The second kappa shape index (κ2) is 2.74. The van der Waals surface area contributed by atoms with Gasteiger partial charge in [-0.25, -0.2) is 0 Å². The van der Waals surface area contributed by atoms with E-state index in [4.69, 9.17) is 0 Å². The summed E-state index contributed by atoms with van der Waals surface area (Å²) in [6, 6.07) is 1.83. The molecular formula is C8H15NS. The van der Waals surface area contributed by atoms with Crippen LogP contribution in [0.4, 0.5) is 0 Å². The van der Waals surface area contributed by atoms with E-state index in [1.165, 1.54) is 30.8 Å². The number of hydrogen-bond acceptors (Lipinski definition) is 2. The summed E-state index contributed by atoms with van der Waals surface area (Å²) in [6.45, 7) is 0. The predicted octanol–water partition coefficient (Wildman–Crippen LogP) is 1.59. The Morgan fingerprint density at radius 2 is 1.80 bits per heavy atom. The third-order valence-electron chi connectivity index (χ3n) is 2.85. The van der Waals surface area contributed by atoms with Crippen LogP contribution in [0.25, 0.3) is 0 Å². The molecule has 0 aromatic rings. The van der Waals surface area contributed by atoms with Crippen LogP contribution in [0.1, 0.15) is 19.3 Å². The molecule has 2 aliphatic heterocycles. The van der Waals surface area contributed by atoms with Crippen LogP contribution in [0, 0.1) is 0 Å². The first-order chi connectivity index (χ1) is 4.88. The minimum absolute atomic E-state index is 0.914. The van der Waals surface area contributed by atoms with Gasteiger partial charge in [-0.3, -0.25) is 4.90 Å². The summed E-state index contributed by atoms with van der Waals surface area (Å²) in [7, 11) is 2.30. The monoisotopic (exact) mass is 157 g/mol. The van der Waals surface area contributed by atoms with Crippen molar-refractivity contribution in [1.82, 2.24) is 4.90 Å². The first-order valence-electron chi connectivity index (χ1n) is 4.17. The summed E-state index contributed by atoms with van der Waals surface area (Å²) < 4.78 is 0. The maximum atomic E-state index is 2.60. The summed E-state index contributed by atoms with van der Waals surface area (Å²) in [5.41, 5.74) is 0. The molecule has 0 radical (unpaired) electrons. The maximum absolute atomic E-state index is 2.60. The highest BCUT2D eigenvalue weighted by Crippen LogP contribution is 2.30. The van der Waals surface area contributed by atoms with Crippen molar-refractivity contribution in [1.29, 1.82) is 0 Å². The number of fused-ring (bicyclic) bond motifs is 2. The van der Waals surface area contributed by atoms with Gasteiger partial charge < -0.3 is 0 Å². The highest BCUT2D eigenvalue weighted by molar-refractivity contribution is 7.99. The molecule has 0 saturated carbocycles. The van der Waals surface area contributed by atoms with Crippen molar-refractivity contribution < 1.29 is 0 Å². The van der Waals surface area contributed by atoms with E-state index >= 15 is 0 Å². The van der Waals surface area contributed by atoms with Crippen LogP contribution >= 0.6 is 11.8 Å². The topological polar surface area (TPSA) is 3.24 Å². The van der Waals surface area contributed by atoms with Gasteiger partial charge in [0, 0.05) is 23.6 Å². The molecule has 58 valence electrons. The molecule has 2 unspecified atom stereocenters. The van der Waals surface area contributed by atoms with Crippen molar-refractivity contribution in [3.8, 4) is 0 Å². The van der Waals surface area contributed by atoms with E-state index in [-0.39, 0.29) is 0 Å². The molecule has 2 saturated heterocycles. The van der Waals surface area contributed by atoms with E-state index in [2.05, 4.69) is 23.7 Å². The number of nitrogens with zero attached hydrogens (tertiary/aromatic N) is 1. The van der Waals surface area contributed by atoms with Gasteiger partial charge in [0.1, 0.15) is 0 Å². The van der Waals surface area contributed by atoms with Crippen LogP contribution in [0.3, 0.4) is 0 Å². The van der Waals surface area contributed by atoms with Crippen LogP contribution in [0.2, 0.25) is 0 Å². The molecule has 0 N–H and O–H groups in total. The van der Waals surface area contributed by atoms with Crippen LogP contribution in [-0.2, 0) is 0 Å². The van der Waals surface area contributed by atoms with Crippen molar-refractivity contribution in [2.24, 2.45) is 0 Å². The van der Waals surface area contributed by atoms with Gasteiger partial charge in [-0.15, -0.1) is 0 Å². The Labute approximate surface area is 67.2 Å². The fraction of sp³-hybridized carbons (Fsp3) is 1.00. The van der Waals surface area contributed by atoms with E-state index in [1.807, 2.05) is 0 Å². The molecule has 0 spiro atoms. The maximum Gasteiger partial charge on any atom is 0.0186 e. The Bertz CT molecular complexity index is 104. The summed E-state index contributed by atoms with van der Waals surface area (Å²) >= 11 is 2.15. The van der Waals surface area contributed by atoms with Crippen molar-refractivity contribution in [3.63, 3.8) is 0 Å². The Balaban J connectivity index is 2.05. The zero-order valence-electron chi connectivity index (χ0n) is 6.55. The summed E-state index contributed by atoms with van der Waals surface area (Å²) in [4.78, 5) is 2.60. The molecule has 10 heavy (non-hydrogen) atoms. The van der Waals surface area contributed by atoms with Gasteiger partial charge in [0.2, 0.25) is 0 Å². The molecule has 0 aromatic carbocycles. The molecule has 0 aliphatic carbocycles. The quantitative estimate of drug-likeness (QED) is 0.525. The lowest BCUT2D eigenvalue weighted by Gasteiger charge is -2.43.